The first-order chi connectivity index (χ1) is 7.98. The molecule has 1 aliphatic heterocycles. The van der Waals surface area contributed by atoms with Gasteiger partial charge in [-0.3, -0.25) is 4.68 Å². The van der Waals surface area contributed by atoms with Crippen LogP contribution in [0.15, 0.2) is 6.20 Å². The number of nitrogens with zero attached hydrogens (tertiary/aromatic N) is 2. The Balaban J connectivity index is 1.86. The van der Waals surface area contributed by atoms with Gasteiger partial charge in [0.2, 0.25) is 0 Å². The first-order valence-corrected chi connectivity index (χ1v) is 7.71. The van der Waals surface area contributed by atoms with Crippen molar-refractivity contribution in [1.82, 2.24) is 15.1 Å². The van der Waals surface area contributed by atoms with Crippen LogP contribution in [0.5, 0.6) is 0 Å². The van der Waals surface area contributed by atoms with Crippen molar-refractivity contribution in [2.24, 2.45) is 7.05 Å². The topological polar surface area (TPSA) is 64.0 Å². The van der Waals surface area contributed by atoms with Gasteiger partial charge in [0.1, 0.15) is 9.84 Å². The summed E-state index contributed by atoms with van der Waals surface area (Å²) < 4.78 is 24.4. The molecule has 2 rings (SSSR count). The van der Waals surface area contributed by atoms with Crippen LogP contribution in [0, 0.1) is 6.92 Å². The van der Waals surface area contributed by atoms with Crippen molar-refractivity contribution in [3.8, 4) is 0 Å². The molecule has 0 aromatic carbocycles. The number of hydrogen-bond acceptors (Lipinski definition) is 4. The Labute approximate surface area is 102 Å². The van der Waals surface area contributed by atoms with E-state index in [2.05, 4.69) is 10.4 Å². The minimum absolute atomic E-state index is 0.316. The van der Waals surface area contributed by atoms with Crippen molar-refractivity contribution < 1.29 is 8.42 Å². The quantitative estimate of drug-likeness (QED) is 0.851. The summed E-state index contributed by atoms with van der Waals surface area (Å²) in [6.07, 6.45) is 3.31. The van der Waals surface area contributed by atoms with Crippen molar-refractivity contribution in [2.45, 2.75) is 32.4 Å². The third-order valence-electron chi connectivity index (χ3n) is 3.47. The Bertz CT molecular complexity index is 479. The van der Waals surface area contributed by atoms with E-state index in [1.807, 2.05) is 24.9 Å². The molecule has 1 aliphatic rings. The van der Waals surface area contributed by atoms with Crippen molar-refractivity contribution in [2.75, 3.05) is 11.5 Å². The monoisotopic (exact) mass is 257 g/mol. The smallest absolute Gasteiger partial charge is 0.150 e. The Morgan fingerprint density at radius 1 is 1.47 bits per heavy atom. The van der Waals surface area contributed by atoms with Crippen molar-refractivity contribution in [3.05, 3.63) is 17.5 Å². The van der Waals surface area contributed by atoms with Gasteiger partial charge in [-0.05, 0) is 19.8 Å². The van der Waals surface area contributed by atoms with Crippen LogP contribution in [0.3, 0.4) is 0 Å². The summed E-state index contributed by atoms with van der Waals surface area (Å²) in [7, 11) is -0.836. The van der Waals surface area contributed by atoms with Gasteiger partial charge in [0.05, 0.1) is 17.7 Å². The van der Waals surface area contributed by atoms with E-state index in [0.29, 0.717) is 17.5 Å². The van der Waals surface area contributed by atoms with Gasteiger partial charge >= 0.3 is 0 Å². The van der Waals surface area contributed by atoms with E-state index >= 15 is 0 Å². The summed E-state index contributed by atoms with van der Waals surface area (Å²) in [4.78, 5) is 0. The molecule has 2 heterocycles. The average molecular weight is 257 g/mol. The highest BCUT2D eigenvalue weighted by atomic mass is 32.2. The predicted octanol–water partition coefficient (Wildman–Crippen LogP) is 0.395. The summed E-state index contributed by atoms with van der Waals surface area (Å²) in [6, 6.07) is 0.318. The zero-order chi connectivity index (χ0) is 12.5. The molecule has 96 valence electrons. The van der Waals surface area contributed by atoms with Crippen molar-refractivity contribution in [3.63, 3.8) is 0 Å². The average Bonchev–Trinajstić information content (AvgIpc) is 2.59. The molecule has 1 N–H and O–H groups in total. The molecule has 1 saturated heterocycles. The fourth-order valence-corrected chi connectivity index (χ4v) is 3.56. The lowest BCUT2D eigenvalue weighted by Gasteiger charge is -2.23. The summed E-state index contributed by atoms with van der Waals surface area (Å²) in [5.41, 5.74) is 2.34. The van der Waals surface area contributed by atoms with Crippen LogP contribution >= 0.6 is 0 Å². The van der Waals surface area contributed by atoms with Crippen LogP contribution in [0.25, 0.3) is 0 Å². The summed E-state index contributed by atoms with van der Waals surface area (Å²) in [6.45, 7) is 2.81. The lowest BCUT2D eigenvalue weighted by atomic mass is 10.1. The fraction of sp³-hybridized carbons (Fsp3) is 0.727. The number of hydrogen-bond donors (Lipinski definition) is 1. The Morgan fingerprint density at radius 3 is 2.65 bits per heavy atom. The minimum Gasteiger partial charge on any atom is -0.310 e. The van der Waals surface area contributed by atoms with Crippen LogP contribution in [-0.4, -0.2) is 35.7 Å². The van der Waals surface area contributed by atoms with Crippen LogP contribution in [0.4, 0.5) is 0 Å². The van der Waals surface area contributed by atoms with E-state index in [4.69, 9.17) is 0 Å². The fourth-order valence-electron chi connectivity index (χ4n) is 2.07. The molecule has 0 saturated carbocycles. The van der Waals surface area contributed by atoms with Crippen LogP contribution in [0.2, 0.25) is 0 Å². The standard InChI is InChI=1S/C11H19N3O2S/c1-9-10(8-13-14(9)2)7-12-11-3-5-17(15,16)6-4-11/h8,11-12H,3-7H2,1-2H3. The Kier molecular flexibility index (Phi) is 3.53. The van der Waals surface area contributed by atoms with Gasteiger partial charge in [-0.2, -0.15) is 5.10 Å². The number of sulfone groups is 1. The van der Waals surface area contributed by atoms with Gasteiger partial charge in [-0.1, -0.05) is 0 Å². The van der Waals surface area contributed by atoms with E-state index in [1.165, 1.54) is 5.56 Å². The Morgan fingerprint density at radius 2 is 2.12 bits per heavy atom. The van der Waals surface area contributed by atoms with Crippen molar-refractivity contribution >= 4 is 9.84 Å². The SMILES string of the molecule is Cc1c(CNC2CCS(=O)(=O)CC2)cnn1C. The summed E-state index contributed by atoms with van der Waals surface area (Å²) >= 11 is 0. The lowest BCUT2D eigenvalue weighted by molar-refractivity contribution is 0.462. The highest BCUT2D eigenvalue weighted by Gasteiger charge is 2.23. The molecule has 1 fully saturated rings. The van der Waals surface area contributed by atoms with Crippen molar-refractivity contribution in [1.29, 1.82) is 0 Å². The zero-order valence-corrected chi connectivity index (χ0v) is 11.1. The normalized spacial score (nSPS) is 20.6. The molecule has 0 spiro atoms. The molecule has 0 radical (unpaired) electrons. The zero-order valence-electron chi connectivity index (χ0n) is 10.3. The van der Waals surface area contributed by atoms with E-state index in [1.54, 1.807) is 0 Å². The number of nitrogens with one attached hydrogen (secondary N) is 1. The highest BCUT2D eigenvalue weighted by molar-refractivity contribution is 7.91. The molecule has 5 nitrogen and oxygen atoms in total. The molecule has 0 amide bonds. The third-order valence-corrected chi connectivity index (χ3v) is 5.19. The molecule has 0 unspecified atom stereocenters. The molecule has 1 aromatic rings. The first-order valence-electron chi connectivity index (χ1n) is 5.89. The third kappa shape index (κ3) is 3.07. The van der Waals surface area contributed by atoms with Crippen LogP contribution < -0.4 is 5.32 Å². The van der Waals surface area contributed by atoms with E-state index in [-0.39, 0.29) is 0 Å². The molecular weight excluding hydrogens is 238 g/mol. The second-order valence-electron chi connectivity index (χ2n) is 4.69. The molecule has 6 heteroatoms. The predicted molar refractivity (Wildman–Crippen MR) is 66.5 cm³/mol. The van der Waals surface area contributed by atoms with Gasteiger partial charge in [-0.25, -0.2) is 8.42 Å². The Hall–Kier alpha value is -0.880. The van der Waals surface area contributed by atoms with Crippen LogP contribution in [-0.2, 0) is 23.4 Å². The molecule has 0 aliphatic carbocycles. The molecule has 0 atom stereocenters. The van der Waals surface area contributed by atoms with E-state index < -0.39 is 9.84 Å². The second kappa shape index (κ2) is 4.78. The van der Waals surface area contributed by atoms with E-state index in [9.17, 15) is 8.42 Å². The molecule has 0 bridgehead atoms. The number of aromatic nitrogens is 2. The first kappa shape index (κ1) is 12.6. The maximum Gasteiger partial charge on any atom is 0.150 e. The molecule has 1 aromatic heterocycles. The van der Waals surface area contributed by atoms with Gasteiger partial charge in [-0.15, -0.1) is 0 Å². The number of aryl methyl sites for hydroxylation is 1. The molecule has 17 heavy (non-hydrogen) atoms. The maximum atomic E-state index is 11.3. The highest BCUT2D eigenvalue weighted by Crippen LogP contribution is 2.13. The number of rotatable bonds is 3. The maximum absolute atomic E-state index is 11.3. The van der Waals surface area contributed by atoms with Gasteiger partial charge in [0, 0.05) is 30.9 Å². The largest absolute Gasteiger partial charge is 0.310 e. The van der Waals surface area contributed by atoms with Gasteiger partial charge < -0.3 is 5.32 Å². The summed E-state index contributed by atoms with van der Waals surface area (Å²) in [5.74, 6) is 0.632. The second-order valence-corrected chi connectivity index (χ2v) is 6.99. The lowest BCUT2D eigenvalue weighted by Crippen LogP contribution is -2.37. The van der Waals surface area contributed by atoms with Gasteiger partial charge in [0.25, 0.3) is 0 Å². The van der Waals surface area contributed by atoms with Gasteiger partial charge in [0.15, 0.2) is 0 Å². The summed E-state index contributed by atoms with van der Waals surface area (Å²) in [5, 5.41) is 7.60. The minimum atomic E-state index is -2.76. The van der Waals surface area contributed by atoms with Crippen LogP contribution in [0.1, 0.15) is 24.1 Å². The van der Waals surface area contributed by atoms with E-state index in [0.717, 1.165) is 25.1 Å². The molecular formula is C11H19N3O2S.